The van der Waals surface area contributed by atoms with Gasteiger partial charge in [-0.25, -0.2) is 4.98 Å². The number of rotatable bonds is 5. The van der Waals surface area contributed by atoms with Gasteiger partial charge in [0.2, 0.25) is 0 Å². The second kappa shape index (κ2) is 10.7. The number of halogens is 3. The van der Waals surface area contributed by atoms with Gasteiger partial charge in [0.1, 0.15) is 13.9 Å². The predicted molar refractivity (Wildman–Crippen MR) is 131 cm³/mol. The molecule has 34 heavy (non-hydrogen) atoms. The van der Waals surface area contributed by atoms with Crippen molar-refractivity contribution in [1.29, 1.82) is 0 Å². The standard InChI is InChI=1S/C25H31F3N4OSi/c1-5-31-11-13-32(14-12-31)18-21-7-6-20(17-22(21)25(26,27)28)24(33)30-23-16-19(8-10-29-23)9-15-34(2,3)4/h6-8,10,16-17H,5,11-14,18H2,1-4H3,(H,29,30,33). The third kappa shape index (κ3) is 7.42. The fourth-order valence-electron chi connectivity index (χ4n) is 3.65. The highest BCUT2D eigenvalue weighted by molar-refractivity contribution is 6.83. The molecule has 0 radical (unpaired) electrons. The molecule has 0 saturated carbocycles. The summed E-state index contributed by atoms with van der Waals surface area (Å²) in [5.74, 6) is 2.69. The van der Waals surface area contributed by atoms with Crippen molar-refractivity contribution in [3.63, 3.8) is 0 Å². The number of nitrogens with zero attached hydrogens (tertiary/aromatic N) is 3. The van der Waals surface area contributed by atoms with Crippen molar-refractivity contribution in [2.45, 2.75) is 39.3 Å². The van der Waals surface area contributed by atoms with Crippen LogP contribution in [0.3, 0.4) is 0 Å². The first-order chi connectivity index (χ1) is 15.9. The Kier molecular flexibility index (Phi) is 8.18. The molecule has 182 valence electrons. The van der Waals surface area contributed by atoms with Crippen LogP contribution >= 0.6 is 0 Å². The Hall–Kier alpha value is -2.67. The van der Waals surface area contributed by atoms with E-state index < -0.39 is 25.7 Å². The first kappa shape index (κ1) is 25.9. The van der Waals surface area contributed by atoms with Gasteiger partial charge in [0, 0.05) is 50.0 Å². The maximum atomic E-state index is 13.8. The molecule has 2 aromatic rings. The largest absolute Gasteiger partial charge is 0.416 e. The third-order valence-corrected chi connectivity index (χ3v) is 6.44. The van der Waals surface area contributed by atoms with Gasteiger partial charge in [-0.15, -0.1) is 5.54 Å². The summed E-state index contributed by atoms with van der Waals surface area (Å²) in [7, 11) is -1.57. The number of hydrogen-bond donors (Lipinski definition) is 1. The topological polar surface area (TPSA) is 48.5 Å². The van der Waals surface area contributed by atoms with E-state index in [0.29, 0.717) is 5.56 Å². The number of likely N-dealkylation sites (N-methyl/N-ethyl adjacent to an activating group) is 1. The zero-order valence-electron chi connectivity index (χ0n) is 20.1. The van der Waals surface area contributed by atoms with Crippen molar-refractivity contribution in [1.82, 2.24) is 14.8 Å². The zero-order valence-corrected chi connectivity index (χ0v) is 21.1. The second-order valence-corrected chi connectivity index (χ2v) is 14.2. The van der Waals surface area contributed by atoms with Crippen LogP contribution in [0.1, 0.15) is 34.0 Å². The van der Waals surface area contributed by atoms with Crippen molar-refractivity contribution < 1.29 is 18.0 Å². The Balaban J connectivity index is 1.77. The Morgan fingerprint density at radius 1 is 1.09 bits per heavy atom. The molecule has 3 rings (SSSR count). The molecule has 1 fully saturated rings. The number of pyridine rings is 1. The third-order valence-electron chi connectivity index (χ3n) is 5.57. The van der Waals surface area contributed by atoms with Crippen LogP contribution in [0, 0.1) is 11.5 Å². The molecule has 0 atom stereocenters. The minimum atomic E-state index is -4.55. The Morgan fingerprint density at radius 3 is 2.38 bits per heavy atom. The predicted octanol–water partition coefficient (Wildman–Crippen LogP) is 4.72. The summed E-state index contributed by atoms with van der Waals surface area (Å²) in [6, 6.07) is 7.14. The zero-order chi connectivity index (χ0) is 24.9. The highest BCUT2D eigenvalue weighted by Crippen LogP contribution is 2.33. The van der Waals surface area contributed by atoms with E-state index in [4.69, 9.17) is 0 Å². The molecule has 1 amide bonds. The van der Waals surface area contributed by atoms with Gasteiger partial charge in [-0.05, 0) is 36.4 Å². The maximum absolute atomic E-state index is 13.8. The summed E-state index contributed by atoms with van der Waals surface area (Å²) in [6.07, 6.45) is -3.03. The molecule has 5 nitrogen and oxygen atoms in total. The van der Waals surface area contributed by atoms with E-state index in [2.05, 4.69) is 53.2 Å². The van der Waals surface area contributed by atoms with Crippen LogP contribution in [0.15, 0.2) is 36.5 Å². The van der Waals surface area contributed by atoms with E-state index in [0.717, 1.165) is 38.8 Å². The van der Waals surface area contributed by atoms with Crippen molar-refractivity contribution in [3.05, 3.63) is 58.8 Å². The number of carbonyl (C=O) groups excluding carboxylic acids is 1. The number of anilines is 1. The Bertz CT molecular complexity index is 1080. The summed E-state index contributed by atoms with van der Waals surface area (Å²) in [5, 5.41) is 2.60. The molecule has 0 unspecified atom stereocenters. The average molecular weight is 489 g/mol. The van der Waals surface area contributed by atoms with Gasteiger partial charge in [-0.2, -0.15) is 13.2 Å². The van der Waals surface area contributed by atoms with Crippen LogP contribution < -0.4 is 5.32 Å². The molecule has 9 heteroatoms. The van der Waals surface area contributed by atoms with E-state index >= 15 is 0 Å². The van der Waals surface area contributed by atoms with Crippen LogP contribution in [0.25, 0.3) is 0 Å². The number of nitrogens with one attached hydrogen (secondary N) is 1. The summed E-state index contributed by atoms with van der Waals surface area (Å²) in [6.45, 7) is 12.7. The first-order valence-electron chi connectivity index (χ1n) is 11.4. The molecule has 1 aromatic heterocycles. The Labute approximate surface area is 200 Å². The van der Waals surface area contributed by atoms with Gasteiger partial charge >= 0.3 is 6.18 Å². The monoisotopic (exact) mass is 488 g/mol. The number of piperazine rings is 1. The van der Waals surface area contributed by atoms with Crippen molar-refractivity contribution in [2.24, 2.45) is 0 Å². The van der Waals surface area contributed by atoms with E-state index in [1.165, 1.54) is 18.3 Å². The second-order valence-electron chi connectivity index (χ2n) is 9.46. The van der Waals surface area contributed by atoms with Crippen LogP contribution in [0.5, 0.6) is 0 Å². The number of amides is 1. The number of hydrogen-bond acceptors (Lipinski definition) is 4. The summed E-state index contributed by atoms with van der Waals surface area (Å²) < 4.78 is 41.5. The highest BCUT2D eigenvalue weighted by Gasteiger charge is 2.34. The number of alkyl halides is 3. The molecular weight excluding hydrogens is 457 g/mol. The quantitative estimate of drug-likeness (QED) is 0.489. The molecule has 2 heterocycles. The molecule has 1 aliphatic rings. The normalized spacial score (nSPS) is 15.5. The van der Waals surface area contributed by atoms with Crippen molar-refractivity contribution >= 4 is 19.8 Å². The van der Waals surface area contributed by atoms with E-state index in [-0.39, 0.29) is 23.5 Å². The fraction of sp³-hybridized carbons (Fsp3) is 0.440. The van der Waals surface area contributed by atoms with Gasteiger partial charge in [0.15, 0.2) is 0 Å². The molecule has 0 spiro atoms. The SMILES string of the molecule is CCN1CCN(Cc2ccc(C(=O)Nc3cc(C#C[Si](C)(C)C)ccn3)cc2C(F)(F)F)CC1. The van der Waals surface area contributed by atoms with Crippen LogP contribution in [0.4, 0.5) is 19.0 Å². The number of benzene rings is 1. The molecule has 1 N–H and O–H groups in total. The lowest BCUT2D eigenvalue weighted by molar-refractivity contribution is -0.138. The fourth-order valence-corrected chi connectivity index (χ4v) is 4.17. The lowest BCUT2D eigenvalue weighted by atomic mass is 10.0. The molecule has 1 saturated heterocycles. The highest BCUT2D eigenvalue weighted by atomic mass is 28.3. The van der Waals surface area contributed by atoms with Gasteiger partial charge in [0.05, 0.1) is 5.56 Å². The minimum Gasteiger partial charge on any atom is -0.307 e. The van der Waals surface area contributed by atoms with E-state index in [1.54, 1.807) is 12.1 Å². The molecule has 1 aromatic carbocycles. The minimum absolute atomic E-state index is 0.0627. The number of aromatic nitrogens is 1. The maximum Gasteiger partial charge on any atom is 0.416 e. The van der Waals surface area contributed by atoms with E-state index in [1.807, 2.05) is 4.90 Å². The smallest absolute Gasteiger partial charge is 0.307 e. The van der Waals surface area contributed by atoms with Crippen molar-refractivity contribution in [2.75, 3.05) is 38.0 Å². The van der Waals surface area contributed by atoms with Crippen LogP contribution in [-0.4, -0.2) is 61.5 Å². The van der Waals surface area contributed by atoms with Crippen molar-refractivity contribution in [3.8, 4) is 11.5 Å². The van der Waals surface area contributed by atoms with Crippen LogP contribution in [0.2, 0.25) is 19.6 Å². The van der Waals surface area contributed by atoms with Gasteiger partial charge < -0.3 is 10.2 Å². The van der Waals surface area contributed by atoms with Gasteiger partial charge in [-0.1, -0.05) is 38.6 Å². The summed E-state index contributed by atoms with van der Waals surface area (Å²) >= 11 is 0. The lowest BCUT2D eigenvalue weighted by Crippen LogP contribution is -2.45. The summed E-state index contributed by atoms with van der Waals surface area (Å²) in [4.78, 5) is 21.1. The number of carbonyl (C=O) groups is 1. The lowest BCUT2D eigenvalue weighted by Gasteiger charge is -2.34. The molecule has 0 bridgehead atoms. The van der Waals surface area contributed by atoms with Gasteiger partial charge in [0.25, 0.3) is 5.91 Å². The molecule has 0 aliphatic carbocycles. The first-order valence-corrected chi connectivity index (χ1v) is 14.9. The summed E-state index contributed by atoms with van der Waals surface area (Å²) in [5.41, 5.74) is 3.27. The average Bonchev–Trinajstić information content (AvgIpc) is 2.77. The molecule has 1 aliphatic heterocycles. The Morgan fingerprint density at radius 2 is 1.76 bits per heavy atom. The molecular formula is C25H31F3N4OSi. The van der Waals surface area contributed by atoms with E-state index in [9.17, 15) is 18.0 Å². The van der Waals surface area contributed by atoms with Gasteiger partial charge in [-0.3, -0.25) is 9.69 Å². The van der Waals surface area contributed by atoms with Crippen LogP contribution in [-0.2, 0) is 12.7 Å².